The van der Waals surface area contributed by atoms with Crippen LogP contribution >= 0.6 is 34.8 Å². The van der Waals surface area contributed by atoms with Gasteiger partial charge in [0.2, 0.25) is 5.95 Å². The predicted octanol–water partition coefficient (Wildman–Crippen LogP) is 3.16. The number of aromatic nitrogens is 2. The summed E-state index contributed by atoms with van der Waals surface area (Å²) in [6.45, 7) is 0.149. The molecule has 0 radical (unpaired) electrons. The molecule has 0 aliphatic heterocycles. The van der Waals surface area contributed by atoms with Crippen LogP contribution in [-0.4, -0.2) is 21.6 Å². The normalized spacial score (nSPS) is 12.2. The highest BCUT2D eigenvalue weighted by atomic mass is 35.5. The minimum Gasteiger partial charge on any atom is -0.386 e. The van der Waals surface area contributed by atoms with Gasteiger partial charge in [0.25, 0.3) is 0 Å². The van der Waals surface area contributed by atoms with Crippen LogP contribution in [0, 0.1) is 0 Å². The van der Waals surface area contributed by atoms with Crippen molar-refractivity contribution in [2.24, 2.45) is 0 Å². The Kier molecular flexibility index (Phi) is 4.88. The Balaban J connectivity index is 2.10. The number of halogens is 3. The van der Waals surface area contributed by atoms with Crippen molar-refractivity contribution < 1.29 is 5.11 Å². The van der Waals surface area contributed by atoms with Crippen molar-refractivity contribution in [3.8, 4) is 0 Å². The van der Waals surface area contributed by atoms with E-state index in [0.717, 1.165) is 0 Å². The molecule has 0 saturated heterocycles. The highest BCUT2D eigenvalue weighted by molar-refractivity contribution is 6.36. The molecule has 0 bridgehead atoms. The summed E-state index contributed by atoms with van der Waals surface area (Å²) in [6.07, 6.45) is -0.897. The van der Waals surface area contributed by atoms with Gasteiger partial charge in [-0.15, -0.1) is 0 Å². The number of aliphatic hydroxyl groups is 1. The molecule has 0 aliphatic carbocycles. The Bertz CT molecular complexity index is 583. The van der Waals surface area contributed by atoms with Crippen molar-refractivity contribution in [2.75, 3.05) is 17.6 Å². The number of nitrogens with zero attached hydrogens (tertiary/aromatic N) is 2. The van der Waals surface area contributed by atoms with Crippen molar-refractivity contribution in [3.63, 3.8) is 0 Å². The topological polar surface area (TPSA) is 84.1 Å². The summed E-state index contributed by atoms with van der Waals surface area (Å²) in [5.74, 6) is 0.454. The molecule has 0 spiro atoms. The van der Waals surface area contributed by atoms with Crippen LogP contribution in [0.5, 0.6) is 0 Å². The van der Waals surface area contributed by atoms with Crippen LogP contribution in [-0.2, 0) is 0 Å². The molecule has 0 aliphatic rings. The van der Waals surface area contributed by atoms with Gasteiger partial charge in [-0.05, 0) is 12.1 Å². The van der Waals surface area contributed by atoms with E-state index < -0.39 is 6.10 Å². The molecule has 1 aromatic carbocycles. The fourth-order valence-electron chi connectivity index (χ4n) is 1.66. The molecule has 1 aromatic heterocycles. The maximum Gasteiger partial charge on any atom is 0.223 e. The summed E-state index contributed by atoms with van der Waals surface area (Å²) in [5.41, 5.74) is 5.93. The number of nitrogens with one attached hydrogen (secondary N) is 1. The molecule has 1 atom stereocenters. The summed E-state index contributed by atoms with van der Waals surface area (Å²) in [4.78, 5) is 7.67. The van der Waals surface area contributed by atoms with E-state index in [9.17, 15) is 5.11 Å². The van der Waals surface area contributed by atoms with Crippen molar-refractivity contribution in [3.05, 3.63) is 45.0 Å². The van der Waals surface area contributed by atoms with Gasteiger partial charge >= 0.3 is 0 Å². The molecule has 106 valence electrons. The highest BCUT2D eigenvalue weighted by Crippen LogP contribution is 2.30. The number of anilines is 2. The first-order valence-corrected chi connectivity index (χ1v) is 6.76. The summed E-state index contributed by atoms with van der Waals surface area (Å²) in [5, 5.41) is 14.0. The first-order valence-electron chi connectivity index (χ1n) is 5.63. The van der Waals surface area contributed by atoms with Crippen LogP contribution in [0.2, 0.25) is 15.2 Å². The number of aliphatic hydroxyl groups excluding tert-OH is 1. The second-order valence-corrected chi connectivity index (χ2v) is 5.17. The molecule has 2 rings (SSSR count). The van der Waals surface area contributed by atoms with Crippen LogP contribution < -0.4 is 11.1 Å². The van der Waals surface area contributed by atoms with E-state index in [1.165, 1.54) is 6.07 Å². The van der Waals surface area contributed by atoms with Gasteiger partial charge in [-0.3, -0.25) is 0 Å². The number of rotatable bonds is 4. The summed E-state index contributed by atoms with van der Waals surface area (Å²) in [7, 11) is 0. The Morgan fingerprint density at radius 3 is 2.45 bits per heavy atom. The Hall–Kier alpha value is -1.27. The SMILES string of the molecule is Nc1nc(Cl)cc(NCC(O)c2c(Cl)cccc2Cl)n1. The molecule has 0 saturated carbocycles. The lowest BCUT2D eigenvalue weighted by atomic mass is 10.1. The third kappa shape index (κ3) is 3.64. The smallest absolute Gasteiger partial charge is 0.223 e. The molecule has 5 nitrogen and oxygen atoms in total. The molecule has 8 heteroatoms. The van der Waals surface area contributed by atoms with Crippen LogP contribution in [0.3, 0.4) is 0 Å². The fourth-order valence-corrected chi connectivity index (χ4v) is 2.50. The van der Waals surface area contributed by atoms with Gasteiger partial charge in [-0.2, -0.15) is 4.98 Å². The molecule has 1 heterocycles. The van der Waals surface area contributed by atoms with Gasteiger partial charge in [0, 0.05) is 28.2 Å². The van der Waals surface area contributed by atoms with Crippen LogP contribution in [0.1, 0.15) is 11.7 Å². The van der Waals surface area contributed by atoms with Crippen LogP contribution in [0.4, 0.5) is 11.8 Å². The lowest BCUT2D eigenvalue weighted by molar-refractivity contribution is 0.191. The van der Waals surface area contributed by atoms with Gasteiger partial charge in [0.15, 0.2) is 0 Å². The van der Waals surface area contributed by atoms with Crippen molar-refractivity contribution in [1.82, 2.24) is 9.97 Å². The van der Waals surface area contributed by atoms with E-state index in [-0.39, 0.29) is 17.6 Å². The first kappa shape index (κ1) is 15.1. The number of benzene rings is 1. The fraction of sp³-hybridized carbons (Fsp3) is 0.167. The number of hydrogen-bond donors (Lipinski definition) is 3. The van der Waals surface area contributed by atoms with Gasteiger partial charge < -0.3 is 16.2 Å². The predicted molar refractivity (Wildman–Crippen MR) is 81.4 cm³/mol. The van der Waals surface area contributed by atoms with Gasteiger partial charge in [-0.1, -0.05) is 40.9 Å². The summed E-state index contributed by atoms with van der Waals surface area (Å²) in [6, 6.07) is 6.52. The van der Waals surface area contributed by atoms with Crippen molar-refractivity contribution >= 4 is 46.6 Å². The van der Waals surface area contributed by atoms with E-state index in [1.807, 2.05) is 0 Å². The minimum absolute atomic E-state index is 0.0465. The second kappa shape index (κ2) is 6.45. The molecule has 1 unspecified atom stereocenters. The second-order valence-electron chi connectivity index (χ2n) is 3.97. The highest BCUT2D eigenvalue weighted by Gasteiger charge is 2.15. The third-order valence-electron chi connectivity index (χ3n) is 2.52. The van der Waals surface area contributed by atoms with Crippen molar-refractivity contribution in [1.29, 1.82) is 0 Å². The summed E-state index contributed by atoms with van der Waals surface area (Å²) < 4.78 is 0. The quantitative estimate of drug-likeness (QED) is 0.748. The minimum atomic E-state index is -0.897. The van der Waals surface area contributed by atoms with E-state index in [1.54, 1.807) is 18.2 Å². The molecular weight excluding hydrogens is 323 g/mol. The molecule has 4 N–H and O–H groups in total. The zero-order valence-corrected chi connectivity index (χ0v) is 12.4. The lowest BCUT2D eigenvalue weighted by Crippen LogP contribution is -2.14. The monoisotopic (exact) mass is 332 g/mol. The Labute approximate surface area is 130 Å². The maximum atomic E-state index is 10.1. The molecule has 20 heavy (non-hydrogen) atoms. The Morgan fingerprint density at radius 1 is 1.20 bits per heavy atom. The van der Waals surface area contributed by atoms with E-state index in [4.69, 9.17) is 40.5 Å². The zero-order chi connectivity index (χ0) is 14.7. The third-order valence-corrected chi connectivity index (χ3v) is 3.37. The molecule has 2 aromatic rings. The maximum absolute atomic E-state index is 10.1. The van der Waals surface area contributed by atoms with E-state index >= 15 is 0 Å². The average molecular weight is 334 g/mol. The number of nitrogens with two attached hydrogens (primary N) is 1. The van der Waals surface area contributed by atoms with Gasteiger partial charge in [0.05, 0.1) is 6.10 Å². The zero-order valence-electron chi connectivity index (χ0n) is 10.1. The lowest BCUT2D eigenvalue weighted by Gasteiger charge is -2.15. The largest absolute Gasteiger partial charge is 0.386 e. The first-order chi connectivity index (χ1) is 9.47. The Morgan fingerprint density at radius 2 is 1.85 bits per heavy atom. The van der Waals surface area contributed by atoms with Gasteiger partial charge in [0.1, 0.15) is 11.0 Å². The summed E-state index contributed by atoms with van der Waals surface area (Å²) >= 11 is 17.8. The van der Waals surface area contributed by atoms with E-state index in [2.05, 4.69) is 15.3 Å². The molecular formula is C12H11Cl3N4O. The molecule has 0 fully saturated rings. The average Bonchev–Trinajstić information content (AvgIpc) is 2.35. The number of hydrogen-bond acceptors (Lipinski definition) is 5. The van der Waals surface area contributed by atoms with Crippen LogP contribution in [0.15, 0.2) is 24.3 Å². The molecule has 0 amide bonds. The standard InChI is InChI=1S/C12H11Cl3N4O/c13-6-2-1-3-7(14)11(6)8(20)5-17-10-4-9(15)18-12(16)19-10/h1-4,8,20H,5H2,(H3,16,17,18,19). The number of nitrogen functional groups attached to an aromatic ring is 1. The van der Waals surface area contributed by atoms with E-state index in [0.29, 0.717) is 21.4 Å². The van der Waals surface area contributed by atoms with Crippen molar-refractivity contribution in [2.45, 2.75) is 6.10 Å². The van der Waals surface area contributed by atoms with Crippen LogP contribution in [0.25, 0.3) is 0 Å². The van der Waals surface area contributed by atoms with Gasteiger partial charge in [-0.25, -0.2) is 4.98 Å².